The molecule has 0 saturated heterocycles. The molecule has 0 aliphatic heterocycles. The number of hydrogen-bond acceptors (Lipinski definition) is 6. The van der Waals surface area contributed by atoms with Crippen molar-refractivity contribution in [3.63, 3.8) is 0 Å². The Morgan fingerprint density at radius 3 is 2.89 bits per heavy atom. The van der Waals surface area contributed by atoms with E-state index in [0.717, 1.165) is 6.54 Å². The first-order valence-corrected chi connectivity index (χ1v) is 7.52. The number of nitrogens with zero attached hydrogens (tertiary/aromatic N) is 5. The lowest BCUT2D eigenvalue weighted by Gasteiger charge is -2.13. The Labute approximate surface area is 120 Å². The van der Waals surface area contributed by atoms with Gasteiger partial charge in [0.2, 0.25) is 11.2 Å². The Morgan fingerprint density at radius 1 is 1.42 bits per heavy atom. The second-order valence-electron chi connectivity index (χ2n) is 4.42. The Morgan fingerprint density at radius 2 is 2.26 bits per heavy atom. The average Bonchev–Trinajstić information content (AvgIpc) is 2.98. The molecule has 19 heavy (non-hydrogen) atoms. The standard InChI is InChI=1S/C11H13ClN6S/c1-19-11(3-4-11)7-13-9-15-8(12)16-10(17-9)18-6-2-5-14-18/h2,5-6H,3-4,7H2,1H3,(H,13,15,16,17). The molecule has 1 aliphatic rings. The predicted molar refractivity (Wildman–Crippen MR) is 75.9 cm³/mol. The molecule has 100 valence electrons. The molecule has 0 atom stereocenters. The summed E-state index contributed by atoms with van der Waals surface area (Å²) in [7, 11) is 0. The van der Waals surface area contributed by atoms with Crippen LogP contribution in [0, 0.1) is 0 Å². The Balaban J connectivity index is 1.78. The zero-order chi connectivity index (χ0) is 13.3. The number of nitrogens with one attached hydrogen (secondary N) is 1. The van der Waals surface area contributed by atoms with Crippen LogP contribution in [0.5, 0.6) is 0 Å². The van der Waals surface area contributed by atoms with Crippen molar-refractivity contribution in [2.24, 2.45) is 0 Å². The lowest BCUT2D eigenvalue weighted by atomic mass is 10.4. The van der Waals surface area contributed by atoms with Crippen LogP contribution in [0.2, 0.25) is 5.28 Å². The molecule has 0 unspecified atom stereocenters. The molecule has 2 aromatic heterocycles. The van der Waals surface area contributed by atoms with E-state index in [2.05, 4.69) is 31.6 Å². The minimum Gasteiger partial charge on any atom is -0.353 e. The fourth-order valence-corrected chi connectivity index (χ4v) is 2.62. The predicted octanol–water partition coefficient (Wildman–Crippen LogP) is 2.02. The van der Waals surface area contributed by atoms with E-state index < -0.39 is 0 Å². The summed E-state index contributed by atoms with van der Waals surface area (Å²) in [5.74, 6) is 0.910. The van der Waals surface area contributed by atoms with Crippen LogP contribution in [-0.2, 0) is 0 Å². The molecular weight excluding hydrogens is 284 g/mol. The molecule has 0 aromatic carbocycles. The topological polar surface area (TPSA) is 68.5 Å². The first-order chi connectivity index (χ1) is 9.21. The van der Waals surface area contributed by atoms with Gasteiger partial charge in [0, 0.05) is 23.7 Å². The maximum atomic E-state index is 5.92. The molecule has 1 saturated carbocycles. The molecule has 6 nitrogen and oxygen atoms in total. The molecule has 0 radical (unpaired) electrons. The molecular formula is C11H13ClN6S. The summed E-state index contributed by atoms with van der Waals surface area (Å²) < 4.78 is 1.89. The van der Waals surface area contributed by atoms with Crippen molar-refractivity contribution in [2.75, 3.05) is 18.1 Å². The molecule has 2 aromatic rings. The first-order valence-electron chi connectivity index (χ1n) is 5.91. The normalized spacial score (nSPS) is 16.3. The van der Waals surface area contributed by atoms with E-state index in [1.165, 1.54) is 12.8 Å². The van der Waals surface area contributed by atoms with E-state index in [9.17, 15) is 0 Å². The van der Waals surface area contributed by atoms with Gasteiger partial charge in [-0.15, -0.1) is 0 Å². The van der Waals surface area contributed by atoms with Crippen LogP contribution < -0.4 is 5.32 Å². The van der Waals surface area contributed by atoms with Crippen molar-refractivity contribution in [1.29, 1.82) is 0 Å². The van der Waals surface area contributed by atoms with Gasteiger partial charge in [-0.05, 0) is 36.8 Å². The Bertz CT molecular complexity index is 569. The second kappa shape index (κ2) is 4.97. The number of hydrogen-bond donors (Lipinski definition) is 1. The number of aromatic nitrogens is 5. The van der Waals surface area contributed by atoms with Crippen LogP contribution in [0.15, 0.2) is 18.5 Å². The Hall–Kier alpha value is -1.34. The molecule has 1 fully saturated rings. The fraction of sp³-hybridized carbons (Fsp3) is 0.455. The number of anilines is 1. The van der Waals surface area contributed by atoms with Gasteiger partial charge in [0.15, 0.2) is 0 Å². The molecule has 0 bridgehead atoms. The van der Waals surface area contributed by atoms with Crippen molar-refractivity contribution in [3.8, 4) is 5.95 Å². The van der Waals surface area contributed by atoms with Crippen LogP contribution in [0.25, 0.3) is 5.95 Å². The molecule has 1 aliphatic carbocycles. The summed E-state index contributed by atoms with van der Waals surface area (Å²) in [4.78, 5) is 12.5. The van der Waals surface area contributed by atoms with Gasteiger partial charge in [0.25, 0.3) is 5.95 Å². The maximum Gasteiger partial charge on any atom is 0.256 e. The van der Waals surface area contributed by atoms with Crippen LogP contribution in [0.1, 0.15) is 12.8 Å². The van der Waals surface area contributed by atoms with E-state index in [1.807, 2.05) is 11.8 Å². The minimum absolute atomic E-state index is 0.164. The first kappa shape index (κ1) is 12.7. The van der Waals surface area contributed by atoms with Crippen molar-refractivity contribution in [3.05, 3.63) is 23.7 Å². The molecule has 2 heterocycles. The molecule has 8 heteroatoms. The Kier molecular flexibility index (Phi) is 3.32. The summed E-state index contributed by atoms with van der Waals surface area (Å²) in [5, 5.41) is 7.48. The van der Waals surface area contributed by atoms with Gasteiger partial charge >= 0.3 is 0 Å². The molecule has 0 amide bonds. The van der Waals surface area contributed by atoms with E-state index in [0.29, 0.717) is 16.6 Å². The summed E-state index contributed by atoms with van der Waals surface area (Å²) in [5.41, 5.74) is 0. The van der Waals surface area contributed by atoms with E-state index in [4.69, 9.17) is 11.6 Å². The van der Waals surface area contributed by atoms with Gasteiger partial charge < -0.3 is 5.32 Å². The zero-order valence-electron chi connectivity index (χ0n) is 10.4. The summed E-state index contributed by atoms with van der Waals surface area (Å²) in [6.45, 7) is 0.840. The number of thioether (sulfide) groups is 1. The maximum absolute atomic E-state index is 5.92. The SMILES string of the molecule is CSC1(CNc2nc(Cl)nc(-n3cccn3)n2)CC1. The third kappa shape index (κ3) is 2.82. The van der Waals surface area contributed by atoms with Crippen LogP contribution in [0.4, 0.5) is 5.95 Å². The second-order valence-corrected chi connectivity index (χ2v) is 6.03. The van der Waals surface area contributed by atoms with Crippen LogP contribution >= 0.6 is 23.4 Å². The van der Waals surface area contributed by atoms with Gasteiger partial charge in [-0.2, -0.15) is 31.8 Å². The van der Waals surface area contributed by atoms with E-state index in [-0.39, 0.29) is 5.28 Å². The highest BCUT2D eigenvalue weighted by atomic mass is 35.5. The van der Waals surface area contributed by atoms with Crippen LogP contribution in [-0.4, -0.2) is 42.3 Å². The van der Waals surface area contributed by atoms with Gasteiger partial charge in [-0.25, -0.2) is 4.68 Å². The van der Waals surface area contributed by atoms with Gasteiger partial charge in [-0.3, -0.25) is 0 Å². The third-order valence-electron chi connectivity index (χ3n) is 3.11. The highest BCUT2D eigenvalue weighted by Crippen LogP contribution is 2.46. The van der Waals surface area contributed by atoms with Gasteiger partial charge in [0.1, 0.15) is 0 Å². The summed E-state index contributed by atoms with van der Waals surface area (Å²) in [6.07, 6.45) is 8.01. The van der Waals surface area contributed by atoms with Gasteiger partial charge in [0.05, 0.1) is 0 Å². The number of rotatable bonds is 5. The lowest BCUT2D eigenvalue weighted by molar-refractivity contribution is 0.792. The minimum atomic E-state index is 0.164. The van der Waals surface area contributed by atoms with Gasteiger partial charge in [-0.1, -0.05) is 0 Å². The van der Waals surface area contributed by atoms with Crippen LogP contribution in [0.3, 0.4) is 0 Å². The highest BCUT2D eigenvalue weighted by molar-refractivity contribution is 8.00. The molecule has 3 rings (SSSR count). The van der Waals surface area contributed by atoms with Crippen molar-refractivity contribution >= 4 is 29.3 Å². The van der Waals surface area contributed by atoms with E-state index >= 15 is 0 Å². The molecule has 1 N–H and O–H groups in total. The average molecular weight is 297 g/mol. The summed E-state index contributed by atoms with van der Waals surface area (Å²) in [6, 6.07) is 1.80. The number of halogens is 1. The van der Waals surface area contributed by atoms with Crippen molar-refractivity contribution in [1.82, 2.24) is 24.7 Å². The zero-order valence-corrected chi connectivity index (χ0v) is 11.9. The van der Waals surface area contributed by atoms with Crippen molar-refractivity contribution in [2.45, 2.75) is 17.6 Å². The monoisotopic (exact) mass is 296 g/mol. The highest BCUT2D eigenvalue weighted by Gasteiger charge is 2.41. The lowest BCUT2D eigenvalue weighted by Crippen LogP contribution is -2.19. The summed E-state index contributed by atoms with van der Waals surface area (Å²) >= 11 is 7.80. The van der Waals surface area contributed by atoms with E-state index in [1.54, 1.807) is 23.1 Å². The quantitative estimate of drug-likeness (QED) is 0.910. The largest absolute Gasteiger partial charge is 0.353 e. The third-order valence-corrected chi connectivity index (χ3v) is 4.70. The molecule has 0 spiro atoms. The smallest absolute Gasteiger partial charge is 0.256 e. The van der Waals surface area contributed by atoms with Crippen molar-refractivity contribution < 1.29 is 0 Å². The fourth-order valence-electron chi connectivity index (χ4n) is 1.74.